The molecule has 0 heterocycles. The van der Waals surface area contributed by atoms with Gasteiger partial charge in [0, 0.05) is 13.1 Å². The molecule has 0 rings (SSSR count). The monoisotopic (exact) mass is 410 g/mol. The molecule has 0 bridgehead atoms. The Kier molecular flexibility index (Phi) is 16.9. The fourth-order valence-corrected chi connectivity index (χ4v) is 2.79. The van der Waals surface area contributed by atoms with Gasteiger partial charge in [0.05, 0.1) is 10.5 Å². The number of carboxylic acids is 2. The standard InChI is InChI=1S/2C7H15N3O2S/c2*1-5(6(11)12)13-4-2-3-10-7(8)9/h2*5H,2-4H2,1H3,(H,11,12)(H4,8,9,10). The van der Waals surface area contributed by atoms with Crippen LogP contribution in [0.1, 0.15) is 26.7 Å². The second-order valence-corrected chi connectivity index (χ2v) is 7.92. The zero-order valence-electron chi connectivity index (χ0n) is 15.1. The highest BCUT2D eigenvalue weighted by Gasteiger charge is 2.10. The number of carboxylic acid groups (broad SMARTS) is 2. The minimum absolute atomic E-state index is 0.0799. The summed E-state index contributed by atoms with van der Waals surface area (Å²) in [6, 6.07) is 0. The fourth-order valence-electron chi connectivity index (χ4n) is 1.21. The van der Waals surface area contributed by atoms with E-state index in [-0.39, 0.29) is 22.4 Å². The molecule has 0 saturated carbocycles. The molecule has 0 aliphatic heterocycles. The van der Waals surface area contributed by atoms with Gasteiger partial charge in [0.2, 0.25) is 0 Å². The summed E-state index contributed by atoms with van der Waals surface area (Å²) in [5, 5.41) is 16.4. The van der Waals surface area contributed by atoms with E-state index in [4.69, 9.17) is 33.1 Å². The van der Waals surface area contributed by atoms with Crippen LogP contribution in [0.2, 0.25) is 0 Å². The lowest BCUT2D eigenvalue weighted by molar-refractivity contribution is -0.137. The van der Waals surface area contributed by atoms with Gasteiger partial charge >= 0.3 is 11.9 Å². The Labute approximate surface area is 162 Å². The first-order valence-corrected chi connectivity index (χ1v) is 9.97. The molecule has 0 radical (unpaired) electrons. The quantitative estimate of drug-likeness (QED) is 0.141. The van der Waals surface area contributed by atoms with Crippen LogP contribution in [0.25, 0.3) is 0 Å². The molecule has 152 valence electrons. The van der Waals surface area contributed by atoms with Crippen LogP contribution < -0.4 is 22.9 Å². The lowest BCUT2D eigenvalue weighted by Crippen LogP contribution is -2.23. The molecule has 0 spiro atoms. The van der Waals surface area contributed by atoms with Crippen molar-refractivity contribution in [2.24, 2.45) is 32.9 Å². The van der Waals surface area contributed by atoms with Crippen molar-refractivity contribution in [3.05, 3.63) is 0 Å². The molecule has 0 aromatic carbocycles. The number of nitrogens with two attached hydrogens (primary N) is 4. The van der Waals surface area contributed by atoms with E-state index < -0.39 is 11.9 Å². The van der Waals surface area contributed by atoms with Gasteiger partial charge in [-0.3, -0.25) is 19.6 Å². The second kappa shape index (κ2) is 16.6. The van der Waals surface area contributed by atoms with Gasteiger partial charge in [0.1, 0.15) is 0 Å². The number of aliphatic imine (C=N–C) groups is 2. The average Bonchev–Trinajstić information content (AvgIpc) is 2.53. The number of hydrogen-bond donors (Lipinski definition) is 6. The van der Waals surface area contributed by atoms with E-state index >= 15 is 0 Å². The van der Waals surface area contributed by atoms with Crippen LogP contribution in [-0.2, 0) is 9.59 Å². The van der Waals surface area contributed by atoms with Crippen molar-refractivity contribution >= 4 is 47.4 Å². The number of carbonyl (C=O) groups is 2. The Bertz CT molecular complexity index is 426. The first kappa shape index (κ1) is 26.4. The van der Waals surface area contributed by atoms with E-state index in [1.807, 2.05) is 0 Å². The summed E-state index contributed by atoms with van der Waals surface area (Å²) in [4.78, 5) is 28.3. The summed E-state index contributed by atoms with van der Waals surface area (Å²) >= 11 is 2.77. The fraction of sp³-hybridized carbons (Fsp3) is 0.714. The number of guanidine groups is 2. The molecule has 0 saturated heterocycles. The maximum absolute atomic E-state index is 10.4. The van der Waals surface area contributed by atoms with Gasteiger partial charge in [0.15, 0.2) is 11.9 Å². The number of rotatable bonds is 12. The van der Waals surface area contributed by atoms with E-state index in [1.54, 1.807) is 13.8 Å². The topological polar surface area (TPSA) is 203 Å². The number of hydrogen-bond acceptors (Lipinski definition) is 6. The van der Waals surface area contributed by atoms with Gasteiger partial charge in [-0.1, -0.05) is 0 Å². The highest BCUT2D eigenvalue weighted by molar-refractivity contribution is 8.00. The molecule has 0 aliphatic carbocycles. The van der Waals surface area contributed by atoms with Crippen molar-refractivity contribution in [3.8, 4) is 0 Å². The van der Waals surface area contributed by atoms with Crippen molar-refractivity contribution in [2.45, 2.75) is 37.2 Å². The minimum atomic E-state index is -0.785. The first-order chi connectivity index (χ1) is 12.1. The maximum Gasteiger partial charge on any atom is 0.316 e. The highest BCUT2D eigenvalue weighted by Crippen LogP contribution is 2.11. The van der Waals surface area contributed by atoms with E-state index in [0.717, 1.165) is 24.3 Å². The largest absolute Gasteiger partial charge is 0.480 e. The zero-order valence-corrected chi connectivity index (χ0v) is 16.8. The highest BCUT2D eigenvalue weighted by atomic mass is 32.2. The summed E-state index contributed by atoms with van der Waals surface area (Å²) in [5.41, 5.74) is 20.4. The minimum Gasteiger partial charge on any atom is -0.480 e. The first-order valence-electron chi connectivity index (χ1n) is 7.87. The van der Waals surface area contributed by atoms with Gasteiger partial charge in [0.25, 0.3) is 0 Å². The molecule has 0 fully saturated rings. The van der Waals surface area contributed by atoms with Crippen molar-refractivity contribution < 1.29 is 19.8 Å². The number of nitrogens with zero attached hydrogens (tertiary/aromatic N) is 2. The second-order valence-electron chi connectivity index (χ2n) is 5.02. The molecular weight excluding hydrogens is 380 g/mol. The van der Waals surface area contributed by atoms with Gasteiger partial charge in [-0.2, -0.15) is 0 Å². The maximum atomic E-state index is 10.4. The Morgan fingerprint density at radius 1 is 0.808 bits per heavy atom. The summed E-state index contributed by atoms with van der Waals surface area (Å²) in [5.74, 6) is 0.0975. The van der Waals surface area contributed by atoms with Gasteiger partial charge in [-0.05, 0) is 38.2 Å². The molecule has 2 atom stereocenters. The molecule has 0 aromatic heterocycles. The number of thioether (sulfide) groups is 2. The molecule has 0 amide bonds. The Hall–Kier alpha value is -1.82. The molecule has 10 N–H and O–H groups in total. The van der Waals surface area contributed by atoms with Crippen LogP contribution in [0.4, 0.5) is 0 Å². The third-order valence-electron chi connectivity index (χ3n) is 2.62. The van der Waals surface area contributed by atoms with E-state index in [0.29, 0.717) is 13.1 Å². The molecule has 0 aromatic rings. The van der Waals surface area contributed by atoms with Crippen LogP contribution in [0.5, 0.6) is 0 Å². The predicted molar refractivity (Wildman–Crippen MR) is 110 cm³/mol. The van der Waals surface area contributed by atoms with E-state index in [2.05, 4.69) is 9.98 Å². The van der Waals surface area contributed by atoms with E-state index in [9.17, 15) is 9.59 Å². The van der Waals surface area contributed by atoms with Crippen LogP contribution in [0, 0.1) is 0 Å². The summed E-state index contributed by atoms with van der Waals surface area (Å²) < 4.78 is 0. The molecule has 0 aliphatic rings. The van der Waals surface area contributed by atoms with Crippen molar-refractivity contribution in [2.75, 3.05) is 24.6 Å². The third kappa shape index (κ3) is 20.2. The zero-order chi connectivity index (χ0) is 20.5. The smallest absolute Gasteiger partial charge is 0.316 e. The van der Waals surface area contributed by atoms with Crippen LogP contribution in [0.3, 0.4) is 0 Å². The molecular formula is C14H30N6O4S2. The third-order valence-corrected chi connectivity index (χ3v) is 5.08. The van der Waals surface area contributed by atoms with Crippen molar-refractivity contribution in [1.29, 1.82) is 0 Å². The SMILES string of the molecule is CC(SCCCN=C(N)N)C(=O)O.CC(SCCCN=C(N)N)C(=O)O. The molecule has 2 unspecified atom stereocenters. The molecule has 26 heavy (non-hydrogen) atoms. The Balaban J connectivity index is 0. The summed E-state index contributed by atoms with van der Waals surface area (Å²) in [7, 11) is 0. The molecule has 12 heteroatoms. The van der Waals surface area contributed by atoms with Crippen LogP contribution in [0.15, 0.2) is 9.98 Å². The van der Waals surface area contributed by atoms with Crippen LogP contribution in [-0.4, -0.2) is 69.2 Å². The summed E-state index contributed by atoms with van der Waals surface area (Å²) in [6.07, 6.45) is 1.58. The number of aliphatic carboxylic acids is 2. The lowest BCUT2D eigenvalue weighted by atomic mass is 10.5. The average molecular weight is 411 g/mol. The molecule has 10 nitrogen and oxygen atoms in total. The van der Waals surface area contributed by atoms with Gasteiger partial charge in [-0.25, -0.2) is 0 Å². The van der Waals surface area contributed by atoms with Crippen molar-refractivity contribution in [1.82, 2.24) is 0 Å². The summed E-state index contributed by atoms with van der Waals surface area (Å²) in [6.45, 7) is 4.43. The van der Waals surface area contributed by atoms with Crippen LogP contribution >= 0.6 is 23.5 Å². The van der Waals surface area contributed by atoms with Gasteiger partial charge in [-0.15, -0.1) is 23.5 Å². The predicted octanol–water partition coefficient (Wildman–Crippen LogP) is -0.288. The van der Waals surface area contributed by atoms with Crippen molar-refractivity contribution in [3.63, 3.8) is 0 Å². The Morgan fingerprint density at radius 2 is 1.12 bits per heavy atom. The Morgan fingerprint density at radius 3 is 1.35 bits per heavy atom. The normalized spacial score (nSPS) is 12.1. The van der Waals surface area contributed by atoms with E-state index in [1.165, 1.54) is 23.5 Å². The van der Waals surface area contributed by atoms with Gasteiger partial charge < -0.3 is 33.1 Å². The lowest BCUT2D eigenvalue weighted by Gasteiger charge is -2.03.